The van der Waals surface area contributed by atoms with Crippen LogP contribution in [0.25, 0.3) is 0 Å². The summed E-state index contributed by atoms with van der Waals surface area (Å²) in [7, 11) is 0. The van der Waals surface area contributed by atoms with Gasteiger partial charge in [-0.25, -0.2) is 4.99 Å². The highest BCUT2D eigenvalue weighted by molar-refractivity contribution is 5.98. The van der Waals surface area contributed by atoms with Gasteiger partial charge in [0.15, 0.2) is 0 Å². The van der Waals surface area contributed by atoms with Crippen molar-refractivity contribution in [2.45, 2.75) is 40.7 Å². The Hall–Kier alpha value is -1.31. The number of ether oxygens (including phenoxy) is 1. The molecule has 0 amide bonds. The van der Waals surface area contributed by atoms with Crippen molar-refractivity contribution in [2.24, 2.45) is 10.9 Å². The molecule has 2 nitrogen and oxygen atoms in total. The smallest absolute Gasteiger partial charge is 0.217 e. The number of rotatable bonds is 2. The van der Waals surface area contributed by atoms with Crippen LogP contribution >= 0.6 is 0 Å². The molecule has 0 N–H and O–H groups in total. The van der Waals surface area contributed by atoms with Crippen LogP contribution in [0.1, 0.15) is 36.1 Å². The van der Waals surface area contributed by atoms with Gasteiger partial charge in [-0.3, -0.25) is 0 Å². The number of hydrogen-bond acceptors (Lipinski definition) is 2. The minimum atomic E-state index is 0.310. The van der Waals surface area contributed by atoms with Crippen molar-refractivity contribution in [1.29, 1.82) is 0 Å². The third kappa shape index (κ3) is 2.36. The molecule has 92 valence electrons. The monoisotopic (exact) mass is 231 g/mol. The summed E-state index contributed by atoms with van der Waals surface area (Å²) in [4.78, 5) is 4.70. The molecule has 1 atom stereocenters. The van der Waals surface area contributed by atoms with Crippen molar-refractivity contribution in [3.63, 3.8) is 0 Å². The van der Waals surface area contributed by atoms with Crippen LogP contribution < -0.4 is 0 Å². The van der Waals surface area contributed by atoms with Crippen molar-refractivity contribution in [1.82, 2.24) is 0 Å². The van der Waals surface area contributed by atoms with Crippen LogP contribution in [0.2, 0.25) is 0 Å². The average molecular weight is 231 g/mol. The van der Waals surface area contributed by atoms with Crippen molar-refractivity contribution < 1.29 is 4.74 Å². The highest BCUT2D eigenvalue weighted by atomic mass is 16.5. The van der Waals surface area contributed by atoms with Gasteiger partial charge in [0.2, 0.25) is 5.90 Å². The normalized spacial score (nSPS) is 19.4. The van der Waals surface area contributed by atoms with Gasteiger partial charge in [0, 0.05) is 5.56 Å². The van der Waals surface area contributed by atoms with E-state index < -0.39 is 0 Å². The summed E-state index contributed by atoms with van der Waals surface area (Å²) in [5.74, 6) is 1.37. The first-order valence-electron chi connectivity index (χ1n) is 6.28. The summed E-state index contributed by atoms with van der Waals surface area (Å²) in [6, 6.07) is 4.69. The number of aliphatic imine (C=N–C) groups is 1. The Bertz CT molecular complexity index is 437. The lowest BCUT2D eigenvalue weighted by Gasteiger charge is -2.10. The molecule has 1 aliphatic rings. The van der Waals surface area contributed by atoms with E-state index in [4.69, 9.17) is 9.73 Å². The Kier molecular flexibility index (Phi) is 3.23. The Morgan fingerprint density at radius 3 is 2.24 bits per heavy atom. The van der Waals surface area contributed by atoms with E-state index >= 15 is 0 Å². The van der Waals surface area contributed by atoms with E-state index in [1.807, 2.05) is 0 Å². The second-order valence-electron chi connectivity index (χ2n) is 5.33. The molecule has 2 heteroatoms. The van der Waals surface area contributed by atoms with Crippen molar-refractivity contribution in [3.05, 3.63) is 34.4 Å². The van der Waals surface area contributed by atoms with Crippen LogP contribution in [0, 0.1) is 26.7 Å². The number of nitrogens with zero attached hydrogens (tertiary/aromatic N) is 1. The quantitative estimate of drug-likeness (QED) is 0.764. The molecule has 0 radical (unpaired) electrons. The van der Waals surface area contributed by atoms with E-state index in [2.05, 4.69) is 46.8 Å². The first kappa shape index (κ1) is 12.2. The second kappa shape index (κ2) is 4.52. The standard InChI is InChI=1S/C15H21NO/c1-9(2)13-8-17-15(16-13)14-11(4)6-10(3)7-12(14)5/h6-7,9,13H,8H2,1-5H3/t13-/m1/s1. The van der Waals surface area contributed by atoms with Gasteiger partial charge in [0.25, 0.3) is 0 Å². The summed E-state index contributed by atoms with van der Waals surface area (Å²) in [5.41, 5.74) is 4.98. The molecule has 1 heterocycles. The zero-order valence-corrected chi connectivity index (χ0v) is 11.4. The fourth-order valence-electron chi connectivity index (χ4n) is 2.39. The van der Waals surface area contributed by atoms with Crippen LogP contribution in [0.5, 0.6) is 0 Å². The summed E-state index contributed by atoms with van der Waals surface area (Å²) >= 11 is 0. The Balaban J connectivity index is 2.39. The molecule has 0 saturated carbocycles. The van der Waals surface area contributed by atoms with Gasteiger partial charge in [0.1, 0.15) is 6.61 Å². The summed E-state index contributed by atoms with van der Waals surface area (Å²) in [6.45, 7) is 11.5. The van der Waals surface area contributed by atoms with Gasteiger partial charge in [-0.2, -0.15) is 0 Å². The van der Waals surface area contributed by atoms with Gasteiger partial charge in [0.05, 0.1) is 6.04 Å². The lowest BCUT2D eigenvalue weighted by atomic mass is 10.00. The van der Waals surface area contributed by atoms with Crippen LogP contribution in [-0.2, 0) is 4.74 Å². The third-order valence-electron chi connectivity index (χ3n) is 3.33. The molecular formula is C15H21NO. The lowest BCUT2D eigenvalue weighted by Crippen LogP contribution is -2.13. The fourth-order valence-corrected chi connectivity index (χ4v) is 2.39. The van der Waals surface area contributed by atoms with Gasteiger partial charge in [-0.05, 0) is 37.8 Å². The summed E-state index contributed by atoms with van der Waals surface area (Å²) in [5, 5.41) is 0. The second-order valence-corrected chi connectivity index (χ2v) is 5.33. The molecule has 0 aliphatic carbocycles. The predicted octanol–water partition coefficient (Wildman–Crippen LogP) is 3.41. The molecule has 0 fully saturated rings. The van der Waals surface area contributed by atoms with Crippen LogP contribution in [0.15, 0.2) is 17.1 Å². The topological polar surface area (TPSA) is 21.6 Å². The average Bonchev–Trinajstić information content (AvgIpc) is 2.65. The van der Waals surface area contributed by atoms with E-state index in [1.165, 1.54) is 22.3 Å². The minimum absolute atomic E-state index is 0.310. The van der Waals surface area contributed by atoms with E-state index in [-0.39, 0.29) is 0 Å². The third-order valence-corrected chi connectivity index (χ3v) is 3.33. The molecule has 0 bridgehead atoms. The van der Waals surface area contributed by atoms with Crippen LogP contribution in [0.4, 0.5) is 0 Å². The summed E-state index contributed by atoms with van der Waals surface area (Å²) in [6.07, 6.45) is 0. The maximum Gasteiger partial charge on any atom is 0.217 e. The molecule has 0 aromatic heterocycles. The first-order valence-corrected chi connectivity index (χ1v) is 6.28. The number of hydrogen-bond donors (Lipinski definition) is 0. The highest BCUT2D eigenvalue weighted by Gasteiger charge is 2.24. The van der Waals surface area contributed by atoms with Gasteiger partial charge in [-0.1, -0.05) is 31.5 Å². The molecule has 0 unspecified atom stereocenters. The fraction of sp³-hybridized carbons (Fsp3) is 0.533. The largest absolute Gasteiger partial charge is 0.475 e. The van der Waals surface area contributed by atoms with E-state index in [9.17, 15) is 0 Å². The van der Waals surface area contributed by atoms with E-state index in [0.29, 0.717) is 12.0 Å². The van der Waals surface area contributed by atoms with Gasteiger partial charge >= 0.3 is 0 Å². The van der Waals surface area contributed by atoms with Crippen molar-refractivity contribution >= 4 is 5.90 Å². The molecule has 0 saturated heterocycles. The highest BCUT2D eigenvalue weighted by Crippen LogP contribution is 2.23. The minimum Gasteiger partial charge on any atom is -0.475 e. The molecular weight excluding hydrogens is 210 g/mol. The van der Waals surface area contributed by atoms with Crippen molar-refractivity contribution in [2.75, 3.05) is 6.61 Å². The molecule has 2 rings (SSSR count). The lowest BCUT2D eigenvalue weighted by molar-refractivity contribution is 0.291. The number of aryl methyl sites for hydroxylation is 3. The molecule has 1 aromatic carbocycles. The zero-order chi connectivity index (χ0) is 12.6. The first-order chi connectivity index (χ1) is 7.99. The summed E-state index contributed by atoms with van der Waals surface area (Å²) < 4.78 is 5.76. The van der Waals surface area contributed by atoms with Gasteiger partial charge in [-0.15, -0.1) is 0 Å². The van der Waals surface area contributed by atoms with Gasteiger partial charge < -0.3 is 4.74 Å². The predicted molar refractivity (Wildman–Crippen MR) is 71.8 cm³/mol. The maximum absolute atomic E-state index is 5.76. The number of benzene rings is 1. The molecule has 1 aromatic rings. The molecule has 17 heavy (non-hydrogen) atoms. The van der Waals surface area contributed by atoms with E-state index in [1.54, 1.807) is 0 Å². The molecule has 0 spiro atoms. The zero-order valence-electron chi connectivity index (χ0n) is 11.4. The van der Waals surface area contributed by atoms with Crippen LogP contribution in [-0.4, -0.2) is 18.5 Å². The Morgan fingerprint density at radius 1 is 1.18 bits per heavy atom. The van der Waals surface area contributed by atoms with E-state index in [0.717, 1.165) is 12.5 Å². The Morgan fingerprint density at radius 2 is 1.76 bits per heavy atom. The molecule has 1 aliphatic heterocycles. The Labute approximate surface area is 104 Å². The van der Waals surface area contributed by atoms with Crippen LogP contribution in [0.3, 0.4) is 0 Å². The SMILES string of the molecule is Cc1cc(C)c(C2=N[C@@H](C(C)C)CO2)c(C)c1. The van der Waals surface area contributed by atoms with Crippen molar-refractivity contribution in [3.8, 4) is 0 Å². The maximum atomic E-state index is 5.76.